The predicted molar refractivity (Wildman–Crippen MR) is 77.3 cm³/mol. The zero-order chi connectivity index (χ0) is 14.3. The van der Waals surface area contributed by atoms with Crippen LogP contribution in [-0.4, -0.2) is 43.4 Å². The molecule has 19 heavy (non-hydrogen) atoms. The molecule has 1 aliphatic rings. The predicted octanol–water partition coefficient (Wildman–Crippen LogP) is 1.63. The van der Waals surface area contributed by atoms with Crippen LogP contribution in [0.25, 0.3) is 0 Å². The van der Waals surface area contributed by atoms with E-state index in [9.17, 15) is 4.79 Å². The highest BCUT2D eigenvalue weighted by Crippen LogP contribution is 2.07. The largest absolute Gasteiger partial charge is 0.444 e. The highest BCUT2D eigenvalue weighted by molar-refractivity contribution is 5.67. The standard InChI is InChI=1S/C14H29N3O2/c1-11(17-13(18)19-14(2,3)4)7-9-16-12-6-5-8-15-10-12/h11-12,15-16H,5-10H2,1-4H3,(H,17,18). The van der Waals surface area contributed by atoms with Crippen molar-refractivity contribution in [3.63, 3.8) is 0 Å². The third kappa shape index (κ3) is 8.06. The molecular weight excluding hydrogens is 242 g/mol. The zero-order valence-electron chi connectivity index (χ0n) is 12.7. The summed E-state index contributed by atoms with van der Waals surface area (Å²) < 4.78 is 5.22. The van der Waals surface area contributed by atoms with E-state index in [4.69, 9.17) is 4.74 Å². The normalized spacial score (nSPS) is 21.8. The van der Waals surface area contributed by atoms with Crippen molar-refractivity contribution in [3.05, 3.63) is 0 Å². The van der Waals surface area contributed by atoms with Gasteiger partial charge in [-0.15, -0.1) is 0 Å². The molecule has 1 aliphatic heterocycles. The van der Waals surface area contributed by atoms with Gasteiger partial charge >= 0.3 is 6.09 Å². The summed E-state index contributed by atoms with van der Waals surface area (Å²) in [5.41, 5.74) is -0.435. The monoisotopic (exact) mass is 271 g/mol. The van der Waals surface area contributed by atoms with Gasteiger partial charge in [0.2, 0.25) is 0 Å². The minimum atomic E-state index is -0.435. The summed E-state index contributed by atoms with van der Waals surface area (Å²) in [4.78, 5) is 11.6. The molecule has 5 heteroatoms. The molecule has 1 saturated heterocycles. The topological polar surface area (TPSA) is 62.4 Å². The number of hydrogen-bond donors (Lipinski definition) is 3. The van der Waals surface area contributed by atoms with Crippen LogP contribution in [0, 0.1) is 0 Å². The van der Waals surface area contributed by atoms with E-state index in [1.165, 1.54) is 12.8 Å². The molecule has 5 nitrogen and oxygen atoms in total. The van der Waals surface area contributed by atoms with Gasteiger partial charge in [0.05, 0.1) is 0 Å². The second-order valence-electron chi connectivity index (χ2n) is 6.33. The molecule has 0 radical (unpaired) electrons. The van der Waals surface area contributed by atoms with E-state index in [0.717, 1.165) is 26.1 Å². The van der Waals surface area contributed by atoms with Crippen molar-refractivity contribution in [2.24, 2.45) is 0 Å². The van der Waals surface area contributed by atoms with E-state index in [1.807, 2.05) is 27.7 Å². The van der Waals surface area contributed by atoms with Crippen molar-refractivity contribution in [2.75, 3.05) is 19.6 Å². The van der Waals surface area contributed by atoms with Crippen LogP contribution in [0.5, 0.6) is 0 Å². The minimum absolute atomic E-state index is 0.124. The van der Waals surface area contributed by atoms with E-state index >= 15 is 0 Å². The highest BCUT2D eigenvalue weighted by atomic mass is 16.6. The lowest BCUT2D eigenvalue weighted by Crippen LogP contribution is -2.45. The van der Waals surface area contributed by atoms with E-state index < -0.39 is 5.60 Å². The van der Waals surface area contributed by atoms with Crippen molar-refractivity contribution in [1.82, 2.24) is 16.0 Å². The molecule has 3 N–H and O–H groups in total. The Hall–Kier alpha value is -0.810. The molecule has 0 saturated carbocycles. The number of carbonyl (C=O) groups excluding carboxylic acids is 1. The van der Waals surface area contributed by atoms with Gasteiger partial charge in [0.15, 0.2) is 0 Å². The summed E-state index contributed by atoms with van der Waals surface area (Å²) in [7, 11) is 0. The molecule has 0 bridgehead atoms. The molecule has 1 rings (SSSR count). The summed E-state index contributed by atoms with van der Waals surface area (Å²) in [6, 6.07) is 0.696. The maximum Gasteiger partial charge on any atom is 0.407 e. The number of carbonyl (C=O) groups is 1. The number of alkyl carbamates (subject to hydrolysis) is 1. The quantitative estimate of drug-likeness (QED) is 0.711. The van der Waals surface area contributed by atoms with Crippen LogP contribution in [0.1, 0.15) is 47.0 Å². The lowest BCUT2D eigenvalue weighted by molar-refractivity contribution is 0.0506. The summed E-state index contributed by atoms with van der Waals surface area (Å²) in [6.45, 7) is 10.7. The minimum Gasteiger partial charge on any atom is -0.444 e. The molecule has 1 amide bonds. The van der Waals surface area contributed by atoms with Crippen molar-refractivity contribution in [2.45, 2.75) is 64.6 Å². The summed E-state index contributed by atoms with van der Waals surface area (Å²) in [5.74, 6) is 0. The fourth-order valence-corrected chi connectivity index (χ4v) is 2.11. The first kappa shape index (κ1) is 16.2. The fraction of sp³-hybridized carbons (Fsp3) is 0.929. The average molecular weight is 271 g/mol. The first-order valence-corrected chi connectivity index (χ1v) is 7.30. The molecule has 0 aliphatic carbocycles. The SMILES string of the molecule is CC(CCNC1CCCNC1)NC(=O)OC(C)(C)C. The van der Waals surface area contributed by atoms with Crippen molar-refractivity contribution in [3.8, 4) is 0 Å². The van der Waals surface area contributed by atoms with Crippen LogP contribution in [0.2, 0.25) is 0 Å². The Bertz CT molecular complexity index is 270. The second-order valence-corrected chi connectivity index (χ2v) is 6.33. The van der Waals surface area contributed by atoms with E-state index in [0.29, 0.717) is 6.04 Å². The molecule has 1 heterocycles. The van der Waals surface area contributed by atoms with Gasteiger partial charge in [0.1, 0.15) is 5.60 Å². The average Bonchev–Trinajstić information content (AvgIpc) is 2.27. The van der Waals surface area contributed by atoms with Gasteiger partial charge in [-0.3, -0.25) is 0 Å². The van der Waals surface area contributed by atoms with Crippen molar-refractivity contribution >= 4 is 6.09 Å². The van der Waals surface area contributed by atoms with Gasteiger partial charge < -0.3 is 20.7 Å². The Morgan fingerprint density at radius 3 is 2.79 bits per heavy atom. The van der Waals surface area contributed by atoms with E-state index in [-0.39, 0.29) is 12.1 Å². The number of rotatable bonds is 5. The molecule has 2 atom stereocenters. The molecule has 0 spiro atoms. The third-order valence-corrected chi connectivity index (χ3v) is 3.07. The van der Waals surface area contributed by atoms with Gasteiger partial charge in [0.25, 0.3) is 0 Å². The Morgan fingerprint density at radius 1 is 1.47 bits per heavy atom. The molecule has 1 fully saturated rings. The summed E-state index contributed by atoms with van der Waals surface area (Å²) in [5, 5.41) is 9.76. The highest BCUT2D eigenvalue weighted by Gasteiger charge is 2.18. The Labute approximate surface area is 116 Å². The Balaban J connectivity index is 2.10. The van der Waals surface area contributed by atoms with Gasteiger partial charge in [-0.05, 0) is 60.0 Å². The lowest BCUT2D eigenvalue weighted by Gasteiger charge is -2.25. The first-order chi connectivity index (χ1) is 8.87. The smallest absolute Gasteiger partial charge is 0.407 e. The fourth-order valence-electron chi connectivity index (χ4n) is 2.11. The van der Waals surface area contributed by atoms with Gasteiger partial charge in [-0.2, -0.15) is 0 Å². The maximum absolute atomic E-state index is 11.6. The van der Waals surface area contributed by atoms with Crippen molar-refractivity contribution in [1.29, 1.82) is 0 Å². The van der Waals surface area contributed by atoms with Crippen LogP contribution in [0.4, 0.5) is 4.79 Å². The number of ether oxygens (including phenoxy) is 1. The number of amides is 1. The van der Waals surface area contributed by atoms with Gasteiger partial charge in [-0.1, -0.05) is 0 Å². The van der Waals surface area contributed by atoms with Crippen LogP contribution < -0.4 is 16.0 Å². The maximum atomic E-state index is 11.6. The van der Waals surface area contributed by atoms with Crippen LogP contribution >= 0.6 is 0 Å². The first-order valence-electron chi connectivity index (χ1n) is 7.30. The van der Waals surface area contributed by atoms with Crippen LogP contribution in [-0.2, 0) is 4.74 Å². The van der Waals surface area contributed by atoms with E-state index in [1.54, 1.807) is 0 Å². The molecule has 0 aromatic rings. The summed E-state index contributed by atoms with van der Waals surface area (Å²) >= 11 is 0. The van der Waals surface area contributed by atoms with E-state index in [2.05, 4.69) is 16.0 Å². The Kier molecular flexibility index (Phi) is 6.58. The zero-order valence-corrected chi connectivity index (χ0v) is 12.7. The van der Waals surface area contributed by atoms with Gasteiger partial charge in [-0.25, -0.2) is 4.79 Å². The molecule has 0 aromatic heterocycles. The van der Waals surface area contributed by atoms with Crippen LogP contribution in [0.15, 0.2) is 0 Å². The van der Waals surface area contributed by atoms with Crippen molar-refractivity contribution < 1.29 is 9.53 Å². The molecule has 112 valence electrons. The molecular formula is C14H29N3O2. The summed E-state index contributed by atoms with van der Waals surface area (Å²) in [6.07, 6.45) is 3.05. The van der Waals surface area contributed by atoms with Gasteiger partial charge in [0, 0.05) is 18.6 Å². The number of piperidine rings is 1. The van der Waals surface area contributed by atoms with Crippen LogP contribution in [0.3, 0.4) is 0 Å². The Morgan fingerprint density at radius 2 is 2.21 bits per heavy atom. The number of hydrogen-bond acceptors (Lipinski definition) is 4. The third-order valence-electron chi connectivity index (χ3n) is 3.07. The number of nitrogens with one attached hydrogen (secondary N) is 3. The molecule has 0 aromatic carbocycles. The second kappa shape index (κ2) is 7.70. The molecule has 2 unspecified atom stereocenters. The lowest BCUT2D eigenvalue weighted by atomic mass is 10.1.